The van der Waals surface area contributed by atoms with E-state index in [-0.39, 0.29) is 0 Å². The SMILES string of the molecule is c1ccc(-n2c3ccccc3c3cc(N(c4ccc(-c5ccc([Si](c6ccccc6)(c6ccccc6)c6ccccc6)cc5)cc4)c4ccc(-c5ccc6c7cccc8c9ccccc9n(c6c5)c87)cc4)ccc32)cc1. The van der Waals surface area contributed by atoms with Gasteiger partial charge in [-0.15, -0.1) is 0 Å². The predicted octanol–water partition coefficient (Wildman–Crippen LogP) is 16.1. The van der Waals surface area contributed by atoms with Crippen molar-refractivity contribution in [1.29, 1.82) is 0 Å². The summed E-state index contributed by atoms with van der Waals surface area (Å²) in [5.74, 6) is 0. The number of aromatic nitrogens is 2. The topological polar surface area (TPSA) is 12.6 Å². The third-order valence-corrected chi connectivity index (χ3v) is 20.8. The van der Waals surface area contributed by atoms with E-state index in [0.29, 0.717) is 0 Å². The van der Waals surface area contributed by atoms with Gasteiger partial charge in [-0.3, -0.25) is 0 Å². The zero-order valence-electron chi connectivity index (χ0n) is 41.6. The van der Waals surface area contributed by atoms with E-state index >= 15 is 0 Å². The fraction of sp³-hybridized carbons (Fsp3) is 0. The van der Waals surface area contributed by atoms with Crippen LogP contribution in [0, 0.1) is 0 Å². The maximum Gasteiger partial charge on any atom is 0.179 e. The number of benzene rings is 12. The largest absolute Gasteiger partial charge is 0.310 e. The van der Waals surface area contributed by atoms with Gasteiger partial charge in [0.15, 0.2) is 8.07 Å². The Hall–Kier alpha value is -9.74. The molecule has 12 aromatic carbocycles. The third-order valence-electron chi connectivity index (χ3n) is 16.0. The van der Waals surface area contributed by atoms with Crippen LogP contribution in [-0.2, 0) is 0 Å². The van der Waals surface area contributed by atoms with Gasteiger partial charge in [0, 0.05) is 55.1 Å². The summed E-state index contributed by atoms with van der Waals surface area (Å²) in [5, 5.41) is 13.1. The van der Waals surface area contributed by atoms with Crippen molar-refractivity contribution in [1.82, 2.24) is 8.97 Å². The summed E-state index contributed by atoms with van der Waals surface area (Å²) in [7, 11) is -2.65. The molecule has 0 saturated heterocycles. The second-order valence-corrected chi connectivity index (χ2v) is 23.8. The van der Waals surface area contributed by atoms with E-state index in [4.69, 9.17) is 0 Å². The van der Waals surface area contributed by atoms with Crippen molar-refractivity contribution in [2.75, 3.05) is 4.90 Å². The van der Waals surface area contributed by atoms with Gasteiger partial charge in [0.25, 0.3) is 0 Å². The third kappa shape index (κ3) is 6.81. The lowest BCUT2D eigenvalue weighted by Crippen LogP contribution is -2.74. The van der Waals surface area contributed by atoms with Crippen LogP contribution in [0.4, 0.5) is 17.1 Å². The molecule has 0 unspecified atom stereocenters. The molecule has 3 nitrogen and oxygen atoms in total. The molecule has 4 heteroatoms. The van der Waals surface area contributed by atoms with Crippen molar-refractivity contribution < 1.29 is 0 Å². The van der Waals surface area contributed by atoms with E-state index in [0.717, 1.165) is 22.7 Å². The molecule has 76 heavy (non-hydrogen) atoms. The second kappa shape index (κ2) is 17.7. The molecule has 0 amide bonds. The maximum absolute atomic E-state index is 2.65. The van der Waals surface area contributed by atoms with Crippen molar-refractivity contribution in [2.45, 2.75) is 0 Å². The Morgan fingerprint density at radius 3 is 1.24 bits per heavy atom. The van der Waals surface area contributed by atoms with Crippen LogP contribution in [0.2, 0.25) is 0 Å². The Balaban J connectivity index is 0.839. The molecule has 0 N–H and O–H groups in total. The molecule has 0 aliphatic heterocycles. The molecule has 0 aliphatic rings. The molecule has 15 rings (SSSR count). The summed E-state index contributed by atoms with van der Waals surface area (Å²) in [4.78, 5) is 2.41. The second-order valence-electron chi connectivity index (χ2n) is 20.0. The minimum Gasteiger partial charge on any atom is -0.310 e. The molecule has 0 spiro atoms. The van der Waals surface area contributed by atoms with Crippen LogP contribution >= 0.6 is 0 Å². The van der Waals surface area contributed by atoms with Gasteiger partial charge in [0.05, 0.1) is 27.6 Å². The molecule has 0 saturated carbocycles. The monoisotopic (exact) mass is 983 g/mol. The average molecular weight is 984 g/mol. The Morgan fingerprint density at radius 1 is 0.250 bits per heavy atom. The molecule has 0 aliphatic carbocycles. The van der Waals surface area contributed by atoms with Crippen molar-refractivity contribution in [3.8, 4) is 27.9 Å². The first-order chi connectivity index (χ1) is 37.7. The smallest absolute Gasteiger partial charge is 0.179 e. The molecule has 0 bridgehead atoms. The van der Waals surface area contributed by atoms with E-state index in [1.165, 1.54) is 103 Å². The minimum absolute atomic E-state index is 1.08. The number of hydrogen-bond acceptors (Lipinski definition) is 1. The summed E-state index contributed by atoms with van der Waals surface area (Å²) in [6.45, 7) is 0. The van der Waals surface area contributed by atoms with Gasteiger partial charge in [-0.25, -0.2) is 0 Å². The van der Waals surface area contributed by atoms with E-state index in [1.54, 1.807) is 0 Å². The quantitative estimate of drug-likeness (QED) is 0.0983. The molecular weight excluding hydrogens is 935 g/mol. The predicted molar refractivity (Wildman–Crippen MR) is 325 cm³/mol. The first kappa shape index (κ1) is 43.8. The van der Waals surface area contributed by atoms with E-state index in [2.05, 4.69) is 311 Å². The molecule has 3 heterocycles. The van der Waals surface area contributed by atoms with Gasteiger partial charge >= 0.3 is 0 Å². The van der Waals surface area contributed by atoms with Crippen LogP contribution in [0.25, 0.3) is 87.8 Å². The number of nitrogens with zero attached hydrogens (tertiary/aromatic N) is 3. The highest BCUT2D eigenvalue weighted by atomic mass is 28.3. The Bertz CT molecular complexity index is 4490. The maximum atomic E-state index is 2.47. The van der Waals surface area contributed by atoms with Crippen LogP contribution in [0.3, 0.4) is 0 Å². The zero-order chi connectivity index (χ0) is 50.2. The van der Waals surface area contributed by atoms with Gasteiger partial charge in [-0.1, -0.05) is 224 Å². The lowest BCUT2D eigenvalue weighted by molar-refractivity contribution is 1.18. The normalized spacial score (nSPS) is 11.9. The van der Waals surface area contributed by atoms with E-state index in [9.17, 15) is 0 Å². The van der Waals surface area contributed by atoms with Crippen molar-refractivity contribution in [3.63, 3.8) is 0 Å². The highest BCUT2D eigenvalue weighted by molar-refractivity contribution is 7.19. The first-order valence-electron chi connectivity index (χ1n) is 26.2. The summed E-state index contributed by atoms with van der Waals surface area (Å²) >= 11 is 0. The van der Waals surface area contributed by atoms with Gasteiger partial charge < -0.3 is 13.9 Å². The lowest BCUT2D eigenvalue weighted by Gasteiger charge is -2.34. The molecule has 0 atom stereocenters. The van der Waals surface area contributed by atoms with Gasteiger partial charge in [0.2, 0.25) is 0 Å². The minimum atomic E-state index is -2.65. The zero-order valence-corrected chi connectivity index (χ0v) is 42.6. The van der Waals surface area contributed by atoms with Crippen LogP contribution < -0.4 is 25.6 Å². The van der Waals surface area contributed by atoms with E-state index in [1.807, 2.05) is 0 Å². The summed E-state index contributed by atoms with van der Waals surface area (Å²) in [6.07, 6.45) is 0. The Labute approximate surface area is 442 Å². The lowest BCUT2D eigenvalue weighted by atomic mass is 10.0. The van der Waals surface area contributed by atoms with Crippen LogP contribution in [0.1, 0.15) is 0 Å². The van der Waals surface area contributed by atoms with Crippen LogP contribution in [0.5, 0.6) is 0 Å². The number of fused-ring (bicyclic) bond motifs is 9. The van der Waals surface area contributed by atoms with Crippen molar-refractivity contribution >= 4 is 106 Å². The number of para-hydroxylation sites is 4. The number of rotatable bonds is 10. The van der Waals surface area contributed by atoms with E-state index < -0.39 is 8.07 Å². The Kier molecular flexibility index (Phi) is 10.2. The molecule has 356 valence electrons. The number of anilines is 3. The highest BCUT2D eigenvalue weighted by Crippen LogP contribution is 2.43. The number of hydrogen-bond donors (Lipinski definition) is 0. The fourth-order valence-corrected chi connectivity index (χ4v) is 17.3. The highest BCUT2D eigenvalue weighted by Gasteiger charge is 2.41. The standard InChI is InChI=1S/C72H49N3Si/c1-5-18-54(19-6-1)74-68-30-15-14-27-63(68)67-49-57(43-47-70(67)74)73(56-41-34-52(35-42-56)53-38-46-64-66-29-17-28-65-62-26-13-16-31-69(62)75(72(65)66)71(64)48-53)55-39-32-50(33-40-55)51-36-44-61(45-37-51)76(58-20-7-2-8-21-58,59-22-9-3-10-23-59)60-24-11-4-12-25-60/h1-49H. The summed E-state index contributed by atoms with van der Waals surface area (Å²) < 4.78 is 4.85. The van der Waals surface area contributed by atoms with Crippen LogP contribution in [0.15, 0.2) is 297 Å². The molecule has 15 aromatic rings. The van der Waals surface area contributed by atoms with Crippen molar-refractivity contribution in [2.24, 2.45) is 0 Å². The van der Waals surface area contributed by atoms with Gasteiger partial charge in [-0.2, -0.15) is 0 Å². The van der Waals surface area contributed by atoms with Gasteiger partial charge in [-0.05, 0) is 116 Å². The summed E-state index contributed by atoms with van der Waals surface area (Å²) in [6, 6.07) is 110. The average Bonchev–Trinajstić information content (AvgIpc) is 4.21. The van der Waals surface area contributed by atoms with Crippen LogP contribution in [-0.4, -0.2) is 17.0 Å². The molecule has 0 radical (unpaired) electrons. The first-order valence-corrected chi connectivity index (χ1v) is 28.2. The van der Waals surface area contributed by atoms with Crippen molar-refractivity contribution in [3.05, 3.63) is 297 Å². The van der Waals surface area contributed by atoms with Gasteiger partial charge in [0.1, 0.15) is 0 Å². The molecular formula is C72H49N3Si. The molecule has 3 aromatic heterocycles. The Morgan fingerprint density at radius 2 is 0.658 bits per heavy atom. The summed E-state index contributed by atoms with van der Waals surface area (Å²) in [5.41, 5.74) is 15.3. The fourth-order valence-electron chi connectivity index (χ4n) is 12.6. The molecule has 0 fully saturated rings.